The van der Waals surface area contributed by atoms with E-state index in [4.69, 9.17) is 4.74 Å². The largest absolute Gasteiger partial charge is 0.495 e. The minimum absolute atomic E-state index is 0.284. The number of anilines is 1. The molecule has 124 valence electrons. The average Bonchev–Trinajstić information content (AvgIpc) is 2.52. The van der Waals surface area contributed by atoms with E-state index in [2.05, 4.69) is 34.5 Å². The molecule has 7 heteroatoms. The summed E-state index contributed by atoms with van der Waals surface area (Å²) in [5.41, 5.74) is 0.573. The maximum Gasteiger partial charge on any atom is 0.406 e. The molecule has 1 rings (SSSR count). The lowest BCUT2D eigenvalue weighted by molar-refractivity contribution is 0.171. The van der Waals surface area contributed by atoms with Crippen LogP contribution in [0.15, 0.2) is 24.3 Å². The van der Waals surface area contributed by atoms with Gasteiger partial charge in [-0.25, -0.2) is 9.59 Å². The summed E-state index contributed by atoms with van der Waals surface area (Å²) >= 11 is 0. The number of hydrogen-bond donors (Lipinski definition) is 3. The summed E-state index contributed by atoms with van der Waals surface area (Å²) < 4.78 is 9.49. The molecule has 0 radical (unpaired) electrons. The summed E-state index contributed by atoms with van der Waals surface area (Å²) in [5.74, 6) is 0.574. The Kier molecular flexibility index (Phi) is 10.9. The number of carbonyl (C=O) groups is 2. The van der Waals surface area contributed by atoms with Crippen LogP contribution >= 0.6 is 0 Å². The summed E-state index contributed by atoms with van der Waals surface area (Å²) in [7, 11) is 2.80. The van der Waals surface area contributed by atoms with Gasteiger partial charge in [0, 0.05) is 13.1 Å². The number of amides is 3. The van der Waals surface area contributed by atoms with Crippen molar-refractivity contribution in [2.24, 2.45) is 0 Å². The van der Waals surface area contributed by atoms with Gasteiger partial charge in [-0.1, -0.05) is 32.4 Å². The summed E-state index contributed by atoms with van der Waals surface area (Å²) in [5, 5.41) is 7.68. The fourth-order valence-electron chi connectivity index (χ4n) is 1.33. The third-order valence-electron chi connectivity index (χ3n) is 2.22. The SMILES string of the molecule is CCC.COC(=O)NCCNC(=O)Nc1ccccc1OC. The molecule has 22 heavy (non-hydrogen) atoms. The molecule has 0 spiro atoms. The molecule has 1 aromatic carbocycles. The van der Waals surface area contributed by atoms with E-state index in [1.54, 1.807) is 18.2 Å². The second-order valence-electron chi connectivity index (χ2n) is 4.21. The number of ether oxygens (including phenoxy) is 2. The molecule has 0 aliphatic carbocycles. The van der Waals surface area contributed by atoms with Crippen LogP contribution in [0.25, 0.3) is 0 Å². The zero-order valence-electron chi connectivity index (χ0n) is 13.6. The van der Waals surface area contributed by atoms with Gasteiger partial charge in [0.2, 0.25) is 0 Å². The van der Waals surface area contributed by atoms with E-state index >= 15 is 0 Å². The zero-order valence-corrected chi connectivity index (χ0v) is 13.6. The van der Waals surface area contributed by atoms with Crippen molar-refractivity contribution in [3.8, 4) is 5.75 Å². The quantitative estimate of drug-likeness (QED) is 0.729. The first-order chi connectivity index (χ1) is 10.6. The molecule has 0 aliphatic rings. The highest BCUT2D eigenvalue weighted by Crippen LogP contribution is 2.22. The molecule has 0 saturated heterocycles. The van der Waals surface area contributed by atoms with Crippen molar-refractivity contribution in [2.75, 3.05) is 32.6 Å². The van der Waals surface area contributed by atoms with Crippen LogP contribution in [0.4, 0.5) is 15.3 Å². The third kappa shape index (κ3) is 8.68. The lowest BCUT2D eigenvalue weighted by Crippen LogP contribution is -2.36. The first kappa shape index (κ1) is 19.6. The number of nitrogens with one attached hydrogen (secondary N) is 3. The van der Waals surface area contributed by atoms with E-state index in [0.717, 1.165) is 0 Å². The average molecular weight is 311 g/mol. The topological polar surface area (TPSA) is 88.7 Å². The molecule has 3 N–H and O–H groups in total. The molecule has 0 saturated carbocycles. The molecule has 1 aromatic rings. The summed E-state index contributed by atoms with van der Waals surface area (Å²) in [4.78, 5) is 22.3. The highest BCUT2D eigenvalue weighted by molar-refractivity contribution is 5.90. The van der Waals surface area contributed by atoms with Crippen LogP contribution in [0.2, 0.25) is 0 Å². The van der Waals surface area contributed by atoms with Crippen LogP contribution in [0, 0.1) is 0 Å². The summed E-state index contributed by atoms with van der Waals surface area (Å²) in [6, 6.07) is 6.69. The van der Waals surface area contributed by atoms with Gasteiger partial charge in [-0.2, -0.15) is 0 Å². The summed E-state index contributed by atoms with van der Waals surface area (Å²) in [6.07, 6.45) is 0.715. The van der Waals surface area contributed by atoms with E-state index in [-0.39, 0.29) is 19.1 Å². The molecule has 3 amide bonds. The Morgan fingerprint density at radius 2 is 1.64 bits per heavy atom. The normalized spacial score (nSPS) is 8.91. The standard InChI is InChI=1S/C12H17N3O4.C3H8/c1-18-10-6-4-3-5-9(10)15-11(16)13-7-8-14-12(17)19-2;1-3-2/h3-6H,7-8H2,1-2H3,(H,14,17)(H2,13,15,16);3H2,1-2H3. The van der Waals surface area contributed by atoms with Gasteiger partial charge >= 0.3 is 12.1 Å². The predicted molar refractivity (Wildman–Crippen MR) is 86.4 cm³/mol. The molecule has 0 unspecified atom stereocenters. The molecule has 0 heterocycles. The van der Waals surface area contributed by atoms with E-state index < -0.39 is 6.09 Å². The van der Waals surface area contributed by atoms with E-state index in [1.807, 2.05) is 6.07 Å². The Morgan fingerprint density at radius 3 is 2.23 bits per heavy atom. The second-order valence-corrected chi connectivity index (χ2v) is 4.21. The molecule has 0 aliphatic heterocycles. The number of alkyl carbamates (subject to hydrolysis) is 1. The number of rotatable bonds is 5. The van der Waals surface area contributed by atoms with Gasteiger partial charge in [0.1, 0.15) is 5.75 Å². The van der Waals surface area contributed by atoms with Gasteiger partial charge in [0.15, 0.2) is 0 Å². The van der Waals surface area contributed by atoms with Gasteiger partial charge in [-0.15, -0.1) is 0 Å². The van der Waals surface area contributed by atoms with Gasteiger partial charge < -0.3 is 25.4 Å². The van der Waals surface area contributed by atoms with Crippen molar-refractivity contribution in [1.29, 1.82) is 0 Å². The molecule has 0 aromatic heterocycles. The number of methoxy groups -OCH3 is 2. The first-order valence-electron chi connectivity index (χ1n) is 7.08. The van der Waals surface area contributed by atoms with Gasteiger partial charge in [0.05, 0.1) is 19.9 Å². The van der Waals surface area contributed by atoms with E-state index in [1.165, 1.54) is 20.6 Å². The van der Waals surface area contributed by atoms with E-state index in [0.29, 0.717) is 11.4 Å². The highest BCUT2D eigenvalue weighted by Gasteiger charge is 2.05. The molecular weight excluding hydrogens is 286 g/mol. The van der Waals surface area contributed by atoms with Crippen molar-refractivity contribution >= 4 is 17.8 Å². The van der Waals surface area contributed by atoms with Crippen molar-refractivity contribution in [2.45, 2.75) is 20.3 Å². The maximum absolute atomic E-state index is 11.6. The van der Waals surface area contributed by atoms with Crippen LogP contribution < -0.4 is 20.7 Å². The van der Waals surface area contributed by atoms with Crippen LogP contribution in [0.3, 0.4) is 0 Å². The minimum atomic E-state index is -0.535. The fraction of sp³-hybridized carbons (Fsp3) is 0.467. The van der Waals surface area contributed by atoms with Crippen molar-refractivity contribution in [1.82, 2.24) is 10.6 Å². The van der Waals surface area contributed by atoms with Gasteiger partial charge in [-0.05, 0) is 12.1 Å². The Labute approximate surface area is 131 Å². The lowest BCUT2D eigenvalue weighted by Gasteiger charge is -2.11. The van der Waals surface area contributed by atoms with Crippen molar-refractivity contribution < 1.29 is 19.1 Å². The van der Waals surface area contributed by atoms with Crippen molar-refractivity contribution in [3.05, 3.63) is 24.3 Å². The molecule has 0 atom stereocenters. The number of para-hydroxylation sites is 2. The van der Waals surface area contributed by atoms with E-state index in [9.17, 15) is 9.59 Å². The van der Waals surface area contributed by atoms with Crippen LogP contribution in [0.1, 0.15) is 20.3 Å². The maximum atomic E-state index is 11.6. The third-order valence-corrected chi connectivity index (χ3v) is 2.22. The highest BCUT2D eigenvalue weighted by atomic mass is 16.5. The van der Waals surface area contributed by atoms with Gasteiger partial charge in [-0.3, -0.25) is 0 Å². The van der Waals surface area contributed by atoms with Crippen LogP contribution in [-0.4, -0.2) is 39.4 Å². The van der Waals surface area contributed by atoms with Crippen LogP contribution in [0.5, 0.6) is 5.75 Å². The Hall–Kier alpha value is -2.44. The Balaban J connectivity index is 0.00000135. The lowest BCUT2D eigenvalue weighted by atomic mass is 10.3. The number of carbonyl (C=O) groups excluding carboxylic acids is 2. The fourth-order valence-corrected chi connectivity index (χ4v) is 1.33. The monoisotopic (exact) mass is 311 g/mol. The number of benzene rings is 1. The smallest absolute Gasteiger partial charge is 0.406 e. The number of urea groups is 1. The molecule has 0 bridgehead atoms. The molecule has 7 nitrogen and oxygen atoms in total. The summed E-state index contributed by atoms with van der Waals surface area (Å²) in [6.45, 7) is 4.82. The second kappa shape index (κ2) is 12.3. The molecular formula is C15H25N3O4. The Morgan fingerprint density at radius 1 is 1.05 bits per heavy atom. The zero-order chi connectivity index (χ0) is 16.8. The van der Waals surface area contributed by atoms with Gasteiger partial charge in [0.25, 0.3) is 0 Å². The van der Waals surface area contributed by atoms with Crippen molar-refractivity contribution in [3.63, 3.8) is 0 Å². The molecule has 0 fully saturated rings. The van der Waals surface area contributed by atoms with Crippen LogP contribution in [-0.2, 0) is 4.74 Å². The predicted octanol–water partition coefficient (Wildman–Crippen LogP) is 2.59. The number of hydrogen-bond acceptors (Lipinski definition) is 4. The first-order valence-corrected chi connectivity index (χ1v) is 7.08. The Bertz CT molecular complexity index is 452. The minimum Gasteiger partial charge on any atom is -0.495 e.